The van der Waals surface area contributed by atoms with E-state index in [1.165, 1.54) is 6.08 Å². The molecule has 0 heterocycles. The van der Waals surface area contributed by atoms with Crippen LogP contribution in [0.25, 0.3) is 0 Å². The van der Waals surface area contributed by atoms with E-state index in [0.717, 1.165) is 0 Å². The van der Waals surface area contributed by atoms with Gasteiger partial charge < -0.3 is 16.2 Å². The van der Waals surface area contributed by atoms with Crippen molar-refractivity contribution < 1.29 is 9.53 Å². The van der Waals surface area contributed by atoms with Crippen LogP contribution in [0.1, 0.15) is 6.92 Å². The Morgan fingerprint density at radius 1 is 1.35 bits per heavy atom. The predicted molar refractivity (Wildman–Crippen MR) is 66.6 cm³/mol. The molecule has 0 radical (unpaired) electrons. The van der Waals surface area contributed by atoms with Crippen LogP contribution in [0, 0.1) is 0 Å². The second-order valence-electron chi connectivity index (χ2n) is 3.19. The maximum absolute atomic E-state index is 11.2. The van der Waals surface area contributed by atoms with Gasteiger partial charge in [0.1, 0.15) is 11.5 Å². The van der Waals surface area contributed by atoms with Crippen LogP contribution in [-0.4, -0.2) is 18.4 Å². The molecule has 0 saturated heterocycles. The highest BCUT2D eigenvalue weighted by atomic mass is 16.5. The average molecular weight is 233 g/mol. The van der Waals surface area contributed by atoms with E-state index in [0.29, 0.717) is 5.69 Å². The lowest BCUT2D eigenvalue weighted by Gasteiger charge is -2.01. The van der Waals surface area contributed by atoms with E-state index in [1.54, 1.807) is 19.1 Å². The smallest absolute Gasteiger partial charge is 0.354 e. The standard InChI is InChI=1S/C12H15N3O2/c1-2-17-12(16)10(13)8-11(14)15-9-6-4-3-5-7-9/h3-8H,2,13H2,1H3,(H2,14,15). The molecule has 0 aromatic heterocycles. The summed E-state index contributed by atoms with van der Waals surface area (Å²) >= 11 is 0. The summed E-state index contributed by atoms with van der Waals surface area (Å²) in [6.45, 7) is 1.97. The van der Waals surface area contributed by atoms with Gasteiger partial charge >= 0.3 is 5.97 Å². The van der Waals surface area contributed by atoms with Gasteiger partial charge in [0.05, 0.1) is 12.3 Å². The molecule has 1 aromatic carbocycles. The largest absolute Gasteiger partial charge is 0.461 e. The van der Waals surface area contributed by atoms with Crippen LogP contribution in [0.15, 0.2) is 47.1 Å². The SMILES string of the molecule is CCOC(=O)C(N)=CC(N)=Nc1ccccc1. The number of aliphatic imine (C=N–C) groups is 1. The highest BCUT2D eigenvalue weighted by molar-refractivity contribution is 6.00. The molecule has 5 nitrogen and oxygen atoms in total. The first-order valence-corrected chi connectivity index (χ1v) is 5.17. The maximum Gasteiger partial charge on any atom is 0.354 e. The number of carbonyl (C=O) groups is 1. The van der Waals surface area contributed by atoms with Crippen LogP contribution < -0.4 is 11.5 Å². The molecule has 0 saturated carbocycles. The quantitative estimate of drug-likeness (QED) is 0.352. The topological polar surface area (TPSA) is 90.7 Å². The van der Waals surface area contributed by atoms with Crippen molar-refractivity contribution in [1.82, 2.24) is 0 Å². The van der Waals surface area contributed by atoms with Crippen LogP contribution in [0.2, 0.25) is 0 Å². The van der Waals surface area contributed by atoms with Gasteiger partial charge in [0.15, 0.2) is 0 Å². The van der Waals surface area contributed by atoms with Gasteiger partial charge in [-0.25, -0.2) is 9.79 Å². The molecule has 0 unspecified atom stereocenters. The molecular weight excluding hydrogens is 218 g/mol. The fourth-order valence-electron chi connectivity index (χ4n) is 1.12. The number of amidine groups is 1. The van der Waals surface area contributed by atoms with Gasteiger partial charge in [-0.15, -0.1) is 0 Å². The highest BCUT2D eigenvalue weighted by Crippen LogP contribution is 2.09. The zero-order valence-corrected chi connectivity index (χ0v) is 9.59. The van der Waals surface area contributed by atoms with Crippen LogP contribution in [0.3, 0.4) is 0 Å². The van der Waals surface area contributed by atoms with Crippen LogP contribution in [-0.2, 0) is 9.53 Å². The summed E-state index contributed by atoms with van der Waals surface area (Å²) in [4.78, 5) is 15.3. The summed E-state index contributed by atoms with van der Waals surface area (Å²) < 4.78 is 4.71. The van der Waals surface area contributed by atoms with Crippen molar-refractivity contribution in [3.8, 4) is 0 Å². The third-order valence-corrected chi connectivity index (χ3v) is 1.83. The molecule has 0 amide bonds. The molecule has 0 aliphatic carbocycles. The Morgan fingerprint density at radius 3 is 2.59 bits per heavy atom. The molecule has 0 spiro atoms. The van der Waals surface area contributed by atoms with Crippen molar-refractivity contribution in [1.29, 1.82) is 0 Å². The second-order valence-corrected chi connectivity index (χ2v) is 3.19. The monoisotopic (exact) mass is 233 g/mol. The van der Waals surface area contributed by atoms with Crippen molar-refractivity contribution in [2.24, 2.45) is 16.5 Å². The number of para-hydroxylation sites is 1. The lowest BCUT2D eigenvalue weighted by atomic mass is 10.3. The number of nitrogens with zero attached hydrogens (tertiary/aromatic N) is 1. The molecule has 90 valence electrons. The Morgan fingerprint density at radius 2 is 2.00 bits per heavy atom. The molecule has 0 aliphatic rings. The average Bonchev–Trinajstić information content (AvgIpc) is 2.30. The molecule has 5 heteroatoms. The van der Waals surface area contributed by atoms with E-state index < -0.39 is 5.97 Å². The fourth-order valence-corrected chi connectivity index (χ4v) is 1.12. The fraction of sp³-hybridized carbons (Fsp3) is 0.167. The first-order chi connectivity index (χ1) is 8.13. The predicted octanol–water partition coefficient (Wildman–Crippen LogP) is 1.08. The maximum atomic E-state index is 11.2. The molecule has 4 N–H and O–H groups in total. The third-order valence-electron chi connectivity index (χ3n) is 1.83. The summed E-state index contributed by atoms with van der Waals surface area (Å²) in [6.07, 6.45) is 1.28. The number of rotatable bonds is 4. The molecule has 0 fully saturated rings. The third kappa shape index (κ3) is 4.38. The van der Waals surface area contributed by atoms with E-state index >= 15 is 0 Å². The summed E-state index contributed by atoms with van der Waals surface area (Å²) in [7, 11) is 0. The molecule has 0 aliphatic heterocycles. The first-order valence-electron chi connectivity index (χ1n) is 5.17. The summed E-state index contributed by atoms with van der Waals surface area (Å²) in [5.74, 6) is -0.444. The zero-order valence-electron chi connectivity index (χ0n) is 9.59. The molecular formula is C12H15N3O2. The minimum absolute atomic E-state index is 0.0657. The lowest BCUT2D eigenvalue weighted by Crippen LogP contribution is -2.19. The molecule has 1 rings (SSSR count). The Bertz CT molecular complexity index is 438. The van der Waals surface area contributed by atoms with Crippen molar-refractivity contribution in [3.05, 3.63) is 42.1 Å². The van der Waals surface area contributed by atoms with Crippen LogP contribution in [0.4, 0.5) is 5.69 Å². The van der Waals surface area contributed by atoms with E-state index in [9.17, 15) is 4.79 Å². The Balaban J connectivity index is 2.77. The van der Waals surface area contributed by atoms with Crippen molar-refractivity contribution in [3.63, 3.8) is 0 Å². The second kappa shape index (κ2) is 6.32. The molecule has 17 heavy (non-hydrogen) atoms. The Kier molecular flexibility index (Phi) is 4.75. The number of carbonyl (C=O) groups excluding carboxylic acids is 1. The number of hydrogen-bond acceptors (Lipinski definition) is 4. The number of esters is 1. The Labute approximate surface area is 99.8 Å². The van der Waals surface area contributed by atoms with E-state index in [4.69, 9.17) is 16.2 Å². The summed E-state index contributed by atoms with van der Waals surface area (Å²) in [5, 5.41) is 0. The van der Waals surface area contributed by atoms with E-state index in [2.05, 4.69) is 4.99 Å². The molecule has 0 bridgehead atoms. The minimum Gasteiger partial charge on any atom is -0.461 e. The van der Waals surface area contributed by atoms with Crippen LogP contribution in [0.5, 0.6) is 0 Å². The number of nitrogens with two attached hydrogens (primary N) is 2. The zero-order chi connectivity index (χ0) is 12.7. The summed E-state index contributed by atoms with van der Waals surface area (Å²) in [5.41, 5.74) is 11.7. The number of benzene rings is 1. The summed E-state index contributed by atoms with van der Waals surface area (Å²) in [6, 6.07) is 9.13. The molecule has 1 aromatic rings. The normalized spacial score (nSPS) is 12.3. The van der Waals surface area contributed by atoms with Gasteiger partial charge in [0.2, 0.25) is 0 Å². The lowest BCUT2D eigenvalue weighted by molar-refractivity contribution is -0.138. The van der Waals surface area contributed by atoms with Gasteiger partial charge in [0.25, 0.3) is 0 Å². The van der Waals surface area contributed by atoms with Gasteiger partial charge in [-0.2, -0.15) is 0 Å². The van der Waals surface area contributed by atoms with Crippen molar-refractivity contribution in [2.75, 3.05) is 6.61 Å². The van der Waals surface area contributed by atoms with Gasteiger partial charge in [-0.1, -0.05) is 18.2 Å². The van der Waals surface area contributed by atoms with Crippen molar-refractivity contribution in [2.45, 2.75) is 6.92 Å². The highest BCUT2D eigenvalue weighted by Gasteiger charge is 2.05. The number of ether oxygens (including phenoxy) is 1. The van der Waals surface area contributed by atoms with Crippen LogP contribution >= 0.6 is 0 Å². The van der Waals surface area contributed by atoms with Gasteiger partial charge in [0, 0.05) is 6.08 Å². The van der Waals surface area contributed by atoms with Crippen molar-refractivity contribution >= 4 is 17.5 Å². The first kappa shape index (κ1) is 12.8. The van der Waals surface area contributed by atoms with E-state index in [1.807, 2.05) is 18.2 Å². The minimum atomic E-state index is -0.598. The Hall–Kier alpha value is -2.30. The van der Waals surface area contributed by atoms with Gasteiger partial charge in [-0.3, -0.25) is 0 Å². The molecule has 0 atom stereocenters. The van der Waals surface area contributed by atoms with Gasteiger partial charge in [-0.05, 0) is 19.1 Å². The van der Waals surface area contributed by atoms with E-state index in [-0.39, 0.29) is 18.1 Å². The number of hydrogen-bond donors (Lipinski definition) is 2.